The van der Waals surface area contributed by atoms with Crippen LogP contribution in [0, 0.1) is 0 Å². The van der Waals surface area contributed by atoms with E-state index < -0.39 is 10.4 Å². The molecule has 0 rings (SSSR count). The molecule has 0 unspecified atom stereocenters. The third kappa shape index (κ3) is 17.6. The van der Waals surface area contributed by atoms with Crippen molar-refractivity contribution in [3.63, 3.8) is 0 Å². The van der Waals surface area contributed by atoms with E-state index >= 15 is 0 Å². The fourth-order valence-corrected chi connectivity index (χ4v) is 2.15. The predicted molar refractivity (Wildman–Crippen MR) is 60.3 cm³/mol. The van der Waals surface area contributed by atoms with Gasteiger partial charge in [0.1, 0.15) is 0 Å². The Labute approximate surface area is 125 Å². The molecule has 0 saturated heterocycles. The molecule has 0 aromatic carbocycles. The first kappa shape index (κ1) is 19.5. The monoisotopic (exact) mass is 279 g/mol. The van der Waals surface area contributed by atoms with Crippen molar-refractivity contribution in [2.45, 2.75) is 32.1 Å². The molecular formula is C8H18NNaO4S2. The summed E-state index contributed by atoms with van der Waals surface area (Å²) in [6, 6.07) is 0. The molecule has 0 aromatic heterocycles. The average Bonchev–Trinajstić information content (AvgIpc) is 2.14. The largest absolute Gasteiger partial charge is 1.00 e. The van der Waals surface area contributed by atoms with Crippen LogP contribution in [0.4, 0.5) is 0 Å². The van der Waals surface area contributed by atoms with Gasteiger partial charge in [0.2, 0.25) is 10.4 Å². The summed E-state index contributed by atoms with van der Waals surface area (Å²) in [6.07, 6.45) is 5.38. The second-order valence-electron chi connectivity index (χ2n) is 3.17. The quantitative estimate of drug-likeness (QED) is 0.169. The van der Waals surface area contributed by atoms with E-state index in [1.807, 2.05) is 7.05 Å². The molecule has 0 aromatic rings. The zero-order chi connectivity index (χ0) is 11.6. The van der Waals surface area contributed by atoms with Crippen LogP contribution in [0.5, 0.6) is 0 Å². The molecule has 0 aliphatic carbocycles. The van der Waals surface area contributed by atoms with Crippen LogP contribution < -0.4 is 34.9 Å². The Morgan fingerprint density at radius 2 is 1.75 bits per heavy atom. The Kier molecular flexibility index (Phi) is 15.4. The average molecular weight is 279 g/mol. The van der Waals surface area contributed by atoms with E-state index in [0.29, 0.717) is 17.8 Å². The molecule has 0 fully saturated rings. The Hall–Kier alpha value is 1.18. The Morgan fingerprint density at radius 3 is 2.31 bits per heavy atom. The molecule has 0 heterocycles. The molecule has 0 radical (unpaired) electrons. The fraction of sp³-hybridized carbons (Fsp3) is 1.00. The van der Waals surface area contributed by atoms with Gasteiger partial charge in [0, 0.05) is 17.8 Å². The molecule has 16 heavy (non-hydrogen) atoms. The standard InChI is InChI=1S/C8H19NO4S2.Na/c1-9-7-5-3-2-4-6-8-14-13-15(10,11)12;/h9H,2-8H2,1H3,(H,10,11,12);/q;+1/p-1. The molecule has 1 N–H and O–H groups in total. The molecule has 92 valence electrons. The van der Waals surface area contributed by atoms with E-state index in [1.165, 1.54) is 6.42 Å². The Balaban J connectivity index is 0. The number of hydrogen-bond donors (Lipinski definition) is 1. The third-order valence-electron chi connectivity index (χ3n) is 1.79. The number of unbranched alkanes of at least 4 members (excludes halogenated alkanes) is 4. The van der Waals surface area contributed by atoms with Crippen molar-refractivity contribution in [1.29, 1.82) is 0 Å². The van der Waals surface area contributed by atoms with Gasteiger partial charge in [0.25, 0.3) is 0 Å². The van der Waals surface area contributed by atoms with Crippen LogP contribution in [0.1, 0.15) is 32.1 Å². The zero-order valence-corrected chi connectivity index (χ0v) is 13.5. The van der Waals surface area contributed by atoms with E-state index in [1.54, 1.807) is 0 Å². The minimum absolute atomic E-state index is 0. The van der Waals surface area contributed by atoms with E-state index in [9.17, 15) is 13.0 Å². The van der Waals surface area contributed by atoms with Crippen LogP contribution in [0.2, 0.25) is 0 Å². The molecule has 0 aliphatic heterocycles. The zero-order valence-electron chi connectivity index (χ0n) is 9.90. The van der Waals surface area contributed by atoms with Gasteiger partial charge in [-0.3, -0.25) is 0 Å². The first-order valence-electron chi connectivity index (χ1n) is 4.98. The van der Waals surface area contributed by atoms with Gasteiger partial charge < -0.3 is 9.87 Å². The molecule has 0 bridgehead atoms. The second-order valence-corrected chi connectivity index (χ2v) is 5.17. The molecule has 0 saturated carbocycles. The maximum atomic E-state index is 10.0. The molecule has 5 nitrogen and oxygen atoms in total. The van der Waals surface area contributed by atoms with Crippen LogP contribution in [-0.2, 0) is 14.0 Å². The summed E-state index contributed by atoms with van der Waals surface area (Å²) in [4.78, 5) is 0. The van der Waals surface area contributed by atoms with Gasteiger partial charge in [-0.1, -0.05) is 19.3 Å². The van der Waals surface area contributed by atoms with Crippen LogP contribution in [0.15, 0.2) is 0 Å². The molecule has 0 spiro atoms. The third-order valence-corrected chi connectivity index (χ3v) is 3.29. The van der Waals surface area contributed by atoms with Gasteiger partial charge in [0.05, 0.1) is 0 Å². The van der Waals surface area contributed by atoms with E-state index in [0.717, 1.165) is 32.2 Å². The van der Waals surface area contributed by atoms with Crippen LogP contribution >= 0.6 is 12.0 Å². The van der Waals surface area contributed by atoms with Gasteiger partial charge in [-0.25, -0.2) is 12.0 Å². The summed E-state index contributed by atoms with van der Waals surface area (Å²) < 4.78 is 34.1. The normalized spacial score (nSPS) is 11.1. The van der Waals surface area contributed by atoms with Gasteiger partial charge in [-0.2, -0.15) is 0 Å². The molecular weight excluding hydrogens is 261 g/mol. The summed E-state index contributed by atoms with van der Waals surface area (Å²) >= 11 is 0.716. The van der Waals surface area contributed by atoms with Gasteiger partial charge in [-0.05, 0) is 26.4 Å². The van der Waals surface area contributed by atoms with Crippen LogP contribution in [-0.4, -0.2) is 32.3 Å². The fourth-order valence-electron chi connectivity index (χ4n) is 1.09. The number of hydrogen-bond acceptors (Lipinski definition) is 6. The molecule has 0 amide bonds. The van der Waals surface area contributed by atoms with Gasteiger partial charge >= 0.3 is 29.6 Å². The first-order valence-corrected chi connectivity index (χ1v) is 7.22. The SMILES string of the molecule is CNCCCCCCCSOS(=O)(=O)[O-].[Na+]. The number of rotatable bonds is 10. The smallest absolute Gasteiger partial charge is 0.725 e. The maximum Gasteiger partial charge on any atom is 1.00 e. The predicted octanol–water partition coefficient (Wildman–Crippen LogP) is -1.71. The Bertz CT molecular complexity index is 236. The molecule has 0 atom stereocenters. The summed E-state index contributed by atoms with van der Waals surface area (Å²) in [5.74, 6) is 0.549. The van der Waals surface area contributed by atoms with Crippen molar-refractivity contribution in [3.05, 3.63) is 0 Å². The minimum Gasteiger partial charge on any atom is -0.725 e. The summed E-state index contributed by atoms with van der Waals surface area (Å²) in [5, 5.41) is 3.07. The van der Waals surface area contributed by atoms with Gasteiger partial charge in [-0.15, -0.1) is 0 Å². The van der Waals surface area contributed by atoms with E-state index in [4.69, 9.17) is 0 Å². The van der Waals surface area contributed by atoms with Crippen molar-refractivity contribution in [2.24, 2.45) is 0 Å². The van der Waals surface area contributed by atoms with E-state index in [-0.39, 0.29) is 29.6 Å². The summed E-state index contributed by atoms with van der Waals surface area (Å²) in [6.45, 7) is 1.03. The van der Waals surface area contributed by atoms with Crippen LogP contribution in [0.25, 0.3) is 0 Å². The molecule has 8 heteroatoms. The van der Waals surface area contributed by atoms with Gasteiger partial charge in [0.15, 0.2) is 0 Å². The topological polar surface area (TPSA) is 78.5 Å². The maximum absolute atomic E-state index is 10.0. The summed E-state index contributed by atoms with van der Waals surface area (Å²) in [5.41, 5.74) is 0. The first-order chi connectivity index (χ1) is 7.06. The van der Waals surface area contributed by atoms with Crippen molar-refractivity contribution >= 4 is 22.4 Å². The summed E-state index contributed by atoms with van der Waals surface area (Å²) in [7, 11) is -2.60. The second kappa shape index (κ2) is 12.6. The van der Waals surface area contributed by atoms with Crippen LogP contribution in [0.3, 0.4) is 0 Å². The number of nitrogens with one attached hydrogen (secondary N) is 1. The minimum atomic E-state index is -4.52. The Morgan fingerprint density at radius 1 is 1.19 bits per heavy atom. The van der Waals surface area contributed by atoms with Crippen molar-refractivity contribution in [2.75, 3.05) is 19.3 Å². The van der Waals surface area contributed by atoms with E-state index in [2.05, 4.69) is 8.95 Å². The van der Waals surface area contributed by atoms with Crippen molar-refractivity contribution in [1.82, 2.24) is 5.32 Å². The molecule has 0 aliphatic rings. The van der Waals surface area contributed by atoms with Crippen molar-refractivity contribution < 1.29 is 46.2 Å². The van der Waals surface area contributed by atoms with Crippen molar-refractivity contribution in [3.8, 4) is 0 Å².